The first-order valence-electron chi connectivity index (χ1n) is 5.27. The molecule has 0 amide bonds. The molecule has 0 fully saturated rings. The Morgan fingerprint density at radius 1 is 1.50 bits per heavy atom. The van der Waals surface area contributed by atoms with E-state index in [1.54, 1.807) is 6.07 Å². The van der Waals surface area contributed by atoms with Crippen LogP contribution in [0.1, 0.15) is 23.6 Å². The van der Waals surface area contributed by atoms with E-state index >= 15 is 0 Å². The maximum atomic E-state index is 13.8. The second kappa shape index (κ2) is 4.63. The van der Waals surface area contributed by atoms with Gasteiger partial charge in [0.2, 0.25) is 0 Å². The van der Waals surface area contributed by atoms with Crippen LogP contribution in [0.25, 0.3) is 0 Å². The standard InChI is InChI=1S/C12H15FN2O/c1-8-4-5-9(10(13)7-8)12(15-14)11-3-2-6-16-11/h3-5,7,12,15H,2,6,14H2,1H3. The van der Waals surface area contributed by atoms with E-state index in [0.29, 0.717) is 17.9 Å². The molecule has 86 valence electrons. The van der Waals surface area contributed by atoms with Crippen molar-refractivity contribution in [2.45, 2.75) is 19.4 Å². The molecule has 16 heavy (non-hydrogen) atoms. The van der Waals surface area contributed by atoms with Gasteiger partial charge in [0, 0.05) is 12.0 Å². The molecule has 2 rings (SSSR count). The fourth-order valence-corrected chi connectivity index (χ4v) is 1.83. The molecule has 1 atom stereocenters. The molecule has 1 aliphatic heterocycles. The number of hydrogen-bond donors (Lipinski definition) is 2. The number of nitrogens with two attached hydrogens (primary N) is 1. The zero-order valence-corrected chi connectivity index (χ0v) is 9.16. The van der Waals surface area contributed by atoms with Crippen LogP contribution < -0.4 is 11.3 Å². The van der Waals surface area contributed by atoms with Gasteiger partial charge >= 0.3 is 0 Å². The normalized spacial score (nSPS) is 16.8. The Hall–Kier alpha value is -1.39. The average Bonchev–Trinajstić information content (AvgIpc) is 2.75. The Bertz CT molecular complexity index is 417. The Labute approximate surface area is 94.1 Å². The Kier molecular flexibility index (Phi) is 3.22. The van der Waals surface area contributed by atoms with E-state index in [9.17, 15) is 4.39 Å². The van der Waals surface area contributed by atoms with Gasteiger partial charge in [0.1, 0.15) is 17.6 Å². The van der Waals surface area contributed by atoms with Crippen LogP contribution in [0, 0.1) is 12.7 Å². The Morgan fingerprint density at radius 2 is 2.31 bits per heavy atom. The first-order chi connectivity index (χ1) is 7.72. The SMILES string of the molecule is Cc1ccc(C(NN)C2=CCCO2)c(F)c1. The highest BCUT2D eigenvalue weighted by Crippen LogP contribution is 2.27. The minimum Gasteiger partial charge on any atom is -0.496 e. The quantitative estimate of drug-likeness (QED) is 0.607. The van der Waals surface area contributed by atoms with Crippen LogP contribution in [0.3, 0.4) is 0 Å². The molecule has 0 saturated heterocycles. The lowest BCUT2D eigenvalue weighted by Crippen LogP contribution is -2.30. The van der Waals surface area contributed by atoms with Crippen molar-refractivity contribution in [1.82, 2.24) is 5.43 Å². The smallest absolute Gasteiger partial charge is 0.128 e. The fourth-order valence-electron chi connectivity index (χ4n) is 1.83. The topological polar surface area (TPSA) is 47.3 Å². The summed E-state index contributed by atoms with van der Waals surface area (Å²) in [6.07, 6.45) is 2.78. The number of aryl methyl sites for hydroxylation is 1. The summed E-state index contributed by atoms with van der Waals surface area (Å²) in [4.78, 5) is 0. The summed E-state index contributed by atoms with van der Waals surface area (Å²) in [6.45, 7) is 2.49. The molecule has 1 aromatic rings. The molecular formula is C12H15FN2O. The van der Waals surface area contributed by atoms with Crippen LogP contribution >= 0.6 is 0 Å². The van der Waals surface area contributed by atoms with E-state index in [4.69, 9.17) is 10.6 Å². The van der Waals surface area contributed by atoms with Gasteiger partial charge in [0.05, 0.1) is 6.61 Å². The van der Waals surface area contributed by atoms with E-state index in [1.807, 2.05) is 19.1 Å². The number of rotatable bonds is 3. The van der Waals surface area contributed by atoms with Crippen molar-refractivity contribution in [3.63, 3.8) is 0 Å². The lowest BCUT2D eigenvalue weighted by molar-refractivity contribution is 0.214. The average molecular weight is 222 g/mol. The molecule has 1 unspecified atom stereocenters. The number of ether oxygens (including phenoxy) is 1. The van der Waals surface area contributed by atoms with Crippen molar-refractivity contribution < 1.29 is 9.13 Å². The van der Waals surface area contributed by atoms with Gasteiger partial charge in [-0.3, -0.25) is 5.84 Å². The van der Waals surface area contributed by atoms with Crippen molar-refractivity contribution in [3.05, 3.63) is 47.0 Å². The number of hydrazine groups is 1. The van der Waals surface area contributed by atoms with Crippen LogP contribution in [0.2, 0.25) is 0 Å². The summed E-state index contributed by atoms with van der Waals surface area (Å²) in [6, 6.07) is 4.69. The highest BCUT2D eigenvalue weighted by molar-refractivity contribution is 5.30. The van der Waals surface area contributed by atoms with Gasteiger partial charge in [0.15, 0.2) is 0 Å². The first kappa shape index (κ1) is 11.1. The van der Waals surface area contributed by atoms with Crippen molar-refractivity contribution in [2.24, 2.45) is 5.84 Å². The lowest BCUT2D eigenvalue weighted by Gasteiger charge is -2.18. The van der Waals surface area contributed by atoms with Crippen LogP contribution in [-0.4, -0.2) is 6.61 Å². The third kappa shape index (κ3) is 2.08. The summed E-state index contributed by atoms with van der Waals surface area (Å²) in [5.41, 5.74) is 3.99. The summed E-state index contributed by atoms with van der Waals surface area (Å²) < 4.78 is 19.2. The highest BCUT2D eigenvalue weighted by Gasteiger charge is 2.22. The highest BCUT2D eigenvalue weighted by atomic mass is 19.1. The zero-order valence-electron chi connectivity index (χ0n) is 9.16. The molecule has 1 aromatic carbocycles. The number of nitrogens with one attached hydrogen (secondary N) is 1. The predicted molar refractivity (Wildman–Crippen MR) is 59.9 cm³/mol. The number of hydrogen-bond acceptors (Lipinski definition) is 3. The summed E-state index contributed by atoms with van der Waals surface area (Å²) in [5.74, 6) is 5.89. The van der Waals surface area contributed by atoms with Gasteiger partial charge in [-0.1, -0.05) is 12.1 Å². The van der Waals surface area contributed by atoms with Crippen LogP contribution in [0.15, 0.2) is 30.0 Å². The summed E-state index contributed by atoms with van der Waals surface area (Å²) >= 11 is 0. The molecule has 0 saturated carbocycles. The maximum Gasteiger partial charge on any atom is 0.128 e. The van der Waals surface area contributed by atoms with E-state index < -0.39 is 6.04 Å². The predicted octanol–water partition coefficient (Wildman–Crippen LogP) is 1.94. The molecular weight excluding hydrogens is 207 g/mol. The zero-order chi connectivity index (χ0) is 11.5. The molecule has 0 aliphatic carbocycles. The third-order valence-corrected chi connectivity index (χ3v) is 2.65. The first-order valence-corrected chi connectivity index (χ1v) is 5.27. The second-order valence-electron chi connectivity index (χ2n) is 3.87. The van der Waals surface area contributed by atoms with Crippen LogP contribution in [0.4, 0.5) is 4.39 Å². The van der Waals surface area contributed by atoms with Crippen molar-refractivity contribution in [2.75, 3.05) is 6.61 Å². The van der Waals surface area contributed by atoms with E-state index in [0.717, 1.165) is 12.0 Å². The largest absolute Gasteiger partial charge is 0.496 e. The monoisotopic (exact) mass is 222 g/mol. The lowest BCUT2D eigenvalue weighted by atomic mass is 10.0. The van der Waals surface area contributed by atoms with Crippen molar-refractivity contribution in [3.8, 4) is 0 Å². The number of benzene rings is 1. The summed E-state index contributed by atoms with van der Waals surface area (Å²) in [5, 5.41) is 0. The molecule has 0 radical (unpaired) electrons. The van der Waals surface area contributed by atoms with Gasteiger partial charge in [0.25, 0.3) is 0 Å². The van der Waals surface area contributed by atoms with Crippen LogP contribution in [0.5, 0.6) is 0 Å². The molecule has 3 nitrogen and oxygen atoms in total. The van der Waals surface area contributed by atoms with E-state index in [2.05, 4.69) is 5.43 Å². The third-order valence-electron chi connectivity index (χ3n) is 2.65. The van der Waals surface area contributed by atoms with Crippen molar-refractivity contribution >= 4 is 0 Å². The molecule has 0 aromatic heterocycles. The molecule has 3 N–H and O–H groups in total. The molecule has 4 heteroatoms. The molecule has 1 aliphatic rings. The van der Waals surface area contributed by atoms with Gasteiger partial charge in [-0.2, -0.15) is 0 Å². The molecule has 0 bridgehead atoms. The van der Waals surface area contributed by atoms with Gasteiger partial charge in [-0.15, -0.1) is 0 Å². The van der Waals surface area contributed by atoms with E-state index in [1.165, 1.54) is 6.07 Å². The van der Waals surface area contributed by atoms with Gasteiger partial charge in [-0.25, -0.2) is 9.82 Å². The Morgan fingerprint density at radius 3 is 2.88 bits per heavy atom. The fraction of sp³-hybridized carbons (Fsp3) is 0.333. The maximum absolute atomic E-state index is 13.8. The minimum atomic E-state index is -0.400. The van der Waals surface area contributed by atoms with Gasteiger partial charge < -0.3 is 4.74 Å². The van der Waals surface area contributed by atoms with Gasteiger partial charge in [-0.05, 0) is 24.6 Å². The van der Waals surface area contributed by atoms with Crippen molar-refractivity contribution in [1.29, 1.82) is 0 Å². The van der Waals surface area contributed by atoms with E-state index in [-0.39, 0.29) is 5.82 Å². The molecule has 0 spiro atoms. The number of halogens is 1. The minimum absolute atomic E-state index is 0.264. The molecule has 1 heterocycles. The van der Waals surface area contributed by atoms with Crippen LogP contribution in [-0.2, 0) is 4.74 Å². The second-order valence-corrected chi connectivity index (χ2v) is 3.87. The Balaban J connectivity index is 2.32. The summed E-state index contributed by atoms with van der Waals surface area (Å²) in [7, 11) is 0.